The molecule has 0 amide bonds. The normalized spacial score (nSPS) is 12.2. The number of oxime groups is 1. The van der Waals surface area contributed by atoms with Gasteiger partial charge in [0.1, 0.15) is 5.75 Å². The number of rotatable bonds is 3. The highest BCUT2D eigenvalue weighted by Gasteiger charge is 2.33. The summed E-state index contributed by atoms with van der Waals surface area (Å²) in [5.41, 5.74) is 6.83. The zero-order chi connectivity index (χ0) is 21.3. The minimum atomic E-state index is -4.65. The average molecular weight is 421 g/mol. The van der Waals surface area contributed by atoms with E-state index < -0.39 is 17.6 Å². The Hall–Kier alpha value is -3.19. The van der Waals surface area contributed by atoms with Crippen LogP contribution in [0, 0.1) is 6.92 Å². The number of phenols is 1. The SMILES string of the molecule is Cc1c(Cl)cccc1-c1c(/C(N)=N/O)cc(C(F)(F)F)cc1-c1ccc(O)cc1. The van der Waals surface area contributed by atoms with Gasteiger partial charge >= 0.3 is 6.18 Å². The van der Waals surface area contributed by atoms with Gasteiger partial charge < -0.3 is 16.0 Å². The summed E-state index contributed by atoms with van der Waals surface area (Å²) >= 11 is 6.23. The maximum absolute atomic E-state index is 13.6. The highest BCUT2D eigenvalue weighted by molar-refractivity contribution is 6.31. The maximum Gasteiger partial charge on any atom is 0.416 e. The second-order valence-electron chi connectivity index (χ2n) is 6.39. The van der Waals surface area contributed by atoms with Gasteiger partial charge in [-0.2, -0.15) is 13.2 Å². The minimum Gasteiger partial charge on any atom is -0.508 e. The van der Waals surface area contributed by atoms with Gasteiger partial charge in [-0.3, -0.25) is 0 Å². The third-order valence-electron chi connectivity index (χ3n) is 4.56. The average Bonchev–Trinajstić information content (AvgIpc) is 2.68. The fourth-order valence-corrected chi connectivity index (χ4v) is 3.27. The van der Waals surface area contributed by atoms with Crippen LogP contribution in [-0.2, 0) is 6.18 Å². The number of hydrogen-bond donors (Lipinski definition) is 3. The third-order valence-corrected chi connectivity index (χ3v) is 4.97. The van der Waals surface area contributed by atoms with Gasteiger partial charge in [-0.25, -0.2) is 0 Å². The van der Waals surface area contributed by atoms with Crippen LogP contribution in [0.1, 0.15) is 16.7 Å². The molecule has 0 fully saturated rings. The predicted molar refractivity (Wildman–Crippen MR) is 106 cm³/mol. The molecule has 8 heteroatoms. The lowest BCUT2D eigenvalue weighted by Crippen LogP contribution is -2.17. The van der Waals surface area contributed by atoms with Gasteiger partial charge in [0.25, 0.3) is 0 Å². The molecule has 0 bridgehead atoms. The Morgan fingerprint density at radius 3 is 2.28 bits per heavy atom. The molecule has 0 heterocycles. The zero-order valence-electron chi connectivity index (χ0n) is 15.1. The van der Waals surface area contributed by atoms with Crippen molar-refractivity contribution in [1.82, 2.24) is 0 Å². The van der Waals surface area contributed by atoms with Crippen molar-refractivity contribution >= 4 is 17.4 Å². The van der Waals surface area contributed by atoms with Gasteiger partial charge in [0.2, 0.25) is 0 Å². The molecule has 0 aliphatic rings. The van der Waals surface area contributed by atoms with E-state index in [0.717, 1.165) is 12.1 Å². The van der Waals surface area contributed by atoms with Crippen molar-refractivity contribution in [3.8, 4) is 28.0 Å². The molecule has 150 valence electrons. The van der Waals surface area contributed by atoms with E-state index in [0.29, 0.717) is 27.3 Å². The summed E-state index contributed by atoms with van der Waals surface area (Å²) in [6.07, 6.45) is -4.65. The molecule has 4 nitrogen and oxygen atoms in total. The maximum atomic E-state index is 13.6. The van der Waals surface area contributed by atoms with Gasteiger partial charge in [0.15, 0.2) is 5.84 Å². The number of nitrogens with zero attached hydrogens (tertiary/aromatic N) is 1. The fraction of sp³-hybridized carbons (Fsp3) is 0.0952. The summed E-state index contributed by atoms with van der Waals surface area (Å²) in [5, 5.41) is 22.1. The number of alkyl halides is 3. The largest absolute Gasteiger partial charge is 0.508 e. The lowest BCUT2D eigenvalue weighted by atomic mass is 9.86. The summed E-state index contributed by atoms with van der Waals surface area (Å²) in [5.74, 6) is -0.497. The molecule has 0 spiro atoms. The van der Waals surface area contributed by atoms with Gasteiger partial charge in [0, 0.05) is 16.1 Å². The topological polar surface area (TPSA) is 78.8 Å². The number of amidine groups is 1. The molecular weight excluding hydrogens is 405 g/mol. The van der Waals surface area contributed by atoms with Crippen molar-refractivity contribution in [3.05, 3.63) is 76.3 Å². The molecule has 0 radical (unpaired) electrons. The van der Waals surface area contributed by atoms with E-state index in [4.69, 9.17) is 17.3 Å². The lowest BCUT2D eigenvalue weighted by Gasteiger charge is -2.20. The van der Waals surface area contributed by atoms with Gasteiger partial charge in [-0.05, 0) is 59.5 Å². The highest BCUT2D eigenvalue weighted by Crippen LogP contribution is 2.42. The second kappa shape index (κ2) is 7.67. The molecule has 3 rings (SSSR count). The Balaban J connectivity index is 2.49. The number of phenolic OH excluding ortho intramolecular Hbond substituents is 1. The molecule has 0 saturated carbocycles. The Kier molecular flexibility index (Phi) is 5.44. The number of halogens is 4. The van der Waals surface area contributed by atoms with Crippen molar-refractivity contribution in [3.63, 3.8) is 0 Å². The van der Waals surface area contributed by atoms with Crippen LogP contribution in [0.25, 0.3) is 22.3 Å². The number of nitrogens with two attached hydrogens (primary N) is 1. The van der Waals surface area contributed by atoms with Gasteiger partial charge in [-0.15, -0.1) is 0 Å². The Bertz CT molecular complexity index is 1090. The Morgan fingerprint density at radius 1 is 1.03 bits per heavy atom. The van der Waals surface area contributed by atoms with Gasteiger partial charge in [-0.1, -0.05) is 41.0 Å². The summed E-state index contributed by atoms with van der Waals surface area (Å²) in [4.78, 5) is 0. The number of hydrogen-bond acceptors (Lipinski definition) is 3. The van der Waals surface area contributed by atoms with Crippen LogP contribution in [0.5, 0.6) is 5.75 Å². The summed E-state index contributed by atoms with van der Waals surface area (Å²) < 4.78 is 40.7. The van der Waals surface area contributed by atoms with E-state index in [-0.39, 0.29) is 16.9 Å². The highest BCUT2D eigenvalue weighted by atomic mass is 35.5. The van der Waals surface area contributed by atoms with Crippen molar-refractivity contribution in [1.29, 1.82) is 0 Å². The molecule has 0 atom stereocenters. The molecule has 4 N–H and O–H groups in total. The second-order valence-corrected chi connectivity index (χ2v) is 6.80. The molecule has 0 aromatic heterocycles. The van der Waals surface area contributed by atoms with Crippen LogP contribution in [-0.4, -0.2) is 16.1 Å². The quantitative estimate of drug-likeness (QED) is 0.217. The standard InChI is InChI=1S/C21H16ClF3N2O2/c1-11-15(3-2-4-18(11)22)19-16(12-5-7-14(28)8-6-12)9-13(21(23,24)25)10-17(19)20(26)27-29/h2-10,28-29H,1H3,(H2,26,27). The van der Waals surface area contributed by atoms with E-state index in [9.17, 15) is 23.5 Å². The van der Waals surface area contributed by atoms with Crippen LogP contribution in [0.15, 0.2) is 59.8 Å². The number of benzene rings is 3. The first-order valence-corrected chi connectivity index (χ1v) is 8.79. The first-order valence-electron chi connectivity index (χ1n) is 8.41. The molecule has 3 aromatic carbocycles. The van der Waals surface area contributed by atoms with Crippen molar-refractivity contribution in [2.24, 2.45) is 10.9 Å². The summed E-state index contributed by atoms with van der Waals surface area (Å²) in [6.45, 7) is 1.73. The molecule has 0 saturated heterocycles. The van der Waals surface area contributed by atoms with Crippen LogP contribution >= 0.6 is 11.6 Å². The van der Waals surface area contributed by atoms with Gasteiger partial charge in [0.05, 0.1) is 5.56 Å². The molecule has 0 aliphatic heterocycles. The first-order chi connectivity index (χ1) is 13.6. The van der Waals surface area contributed by atoms with E-state index in [1.54, 1.807) is 25.1 Å². The monoisotopic (exact) mass is 420 g/mol. The van der Waals surface area contributed by atoms with E-state index >= 15 is 0 Å². The molecule has 0 aliphatic carbocycles. The Morgan fingerprint density at radius 2 is 1.69 bits per heavy atom. The summed E-state index contributed by atoms with van der Waals surface area (Å²) in [6, 6.07) is 12.6. The van der Waals surface area contributed by atoms with Crippen molar-refractivity contribution in [2.45, 2.75) is 13.1 Å². The first kappa shape index (κ1) is 20.5. The van der Waals surface area contributed by atoms with E-state index in [2.05, 4.69) is 5.16 Å². The molecule has 0 unspecified atom stereocenters. The van der Waals surface area contributed by atoms with Crippen LogP contribution in [0.2, 0.25) is 5.02 Å². The lowest BCUT2D eigenvalue weighted by molar-refractivity contribution is -0.137. The minimum absolute atomic E-state index is 0.0297. The molecular formula is C21H16ClF3N2O2. The fourth-order valence-electron chi connectivity index (χ4n) is 3.10. The molecule has 29 heavy (non-hydrogen) atoms. The Labute approximate surface area is 169 Å². The smallest absolute Gasteiger partial charge is 0.416 e. The van der Waals surface area contributed by atoms with E-state index in [1.807, 2.05) is 0 Å². The van der Waals surface area contributed by atoms with Crippen LogP contribution < -0.4 is 5.73 Å². The predicted octanol–water partition coefficient (Wildman–Crippen LogP) is 5.80. The third kappa shape index (κ3) is 4.00. The number of aromatic hydroxyl groups is 1. The van der Waals surface area contributed by atoms with Crippen molar-refractivity contribution < 1.29 is 23.5 Å². The van der Waals surface area contributed by atoms with Crippen LogP contribution in [0.4, 0.5) is 13.2 Å². The van der Waals surface area contributed by atoms with Crippen molar-refractivity contribution in [2.75, 3.05) is 0 Å². The zero-order valence-corrected chi connectivity index (χ0v) is 15.9. The molecule has 3 aromatic rings. The summed E-state index contributed by atoms with van der Waals surface area (Å²) in [7, 11) is 0. The van der Waals surface area contributed by atoms with Crippen LogP contribution in [0.3, 0.4) is 0 Å². The van der Waals surface area contributed by atoms with E-state index in [1.165, 1.54) is 24.3 Å².